The number of methoxy groups -OCH3 is 1. The summed E-state index contributed by atoms with van der Waals surface area (Å²) in [6.07, 6.45) is 2.48. The summed E-state index contributed by atoms with van der Waals surface area (Å²) in [6, 6.07) is -0.00356. The van der Waals surface area contributed by atoms with Crippen molar-refractivity contribution in [3.05, 3.63) is 17.7 Å². The molecular formula is C9H13N3O2. The first-order valence-corrected chi connectivity index (χ1v) is 4.59. The molecule has 76 valence electrons. The van der Waals surface area contributed by atoms with E-state index in [9.17, 15) is 4.79 Å². The van der Waals surface area contributed by atoms with Gasteiger partial charge in [-0.25, -0.2) is 9.78 Å². The summed E-state index contributed by atoms with van der Waals surface area (Å²) < 4.78 is 6.61. The van der Waals surface area contributed by atoms with Crippen molar-refractivity contribution in [3.8, 4) is 0 Å². The van der Waals surface area contributed by atoms with Gasteiger partial charge < -0.3 is 14.6 Å². The number of carbonyl (C=O) groups excluding carboxylic acids is 1. The van der Waals surface area contributed by atoms with Crippen LogP contribution in [0.2, 0.25) is 0 Å². The Hall–Kier alpha value is -1.52. The quantitative estimate of drug-likeness (QED) is 0.727. The average molecular weight is 195 g/mol. The number of amides is 1. The predicted molar refractivity (Wildman–Crippen MR) is 49.9 cm³/mol. The maximum atomic E-state index is 11.0. The van der Waals surface area contributed by atoms with Gasteiger partial charge in [0.2, 0.25) is 0 Å². The first kappa shape index (κ1) is 9.05. The number of imidazole rings is 1. The highest BCUT2D eigenvalue weighted by Gasteiger charge is 2.25. The molecule has 0 saturated heterocycles. The van der Waals surface area contributed by atoms with Crippen molar-refractivity contribution < 1.29 is 9.53 Å². The fourth-order valence-corrected chi connectivity index (χ4v) is 1.76. The lowest BCUT2D eigenvalue weighted by Gasteiger charge is -2.09. The van der Waals surface area contributed by atoms with E-state index in [1.165, 1.54) is 7.11 Å². The van der Waals surface area contributed by atoms with Crippen LogP contribution in [0.15, 0.2) is 6.20 Å². The third-order valence-electron chi connectivity index (χ3n) is 2.38. The van der Waals surface area contributed by atoms with Gasteiger partial charge in [-0.1, -0.05) is 0 Å². The van der Waals surface area contributed by atoms with Crippen LogP contribution >= 0.6 is 0 Å². The van der Waals surface area contributed by atoms with Gasteiger partial charge in [0.25, 0.3) is 0 Å². The molecule has 5 nitrogen and oxygen atoms in total. The lowest BCUT2D eigenvalue weighted by atomic mass is 10.2. The van der Waals surface area contributed by atoms with Crippen molar-refractivity contribution in [2.45, 2.75) is 25.9 Å². The van der Waals surface area contributed by atoms with Gasteiger partial charge >= 0.3 is 6.09 Å². The van der Waals surface area contributed by atoms with Crippen LogP contribution in [0.4, 0.5) is 4.79 Å². The van der Waals surface area contributed by atoms with Crippen molar-refractivity contribution in [1.82, 2.24) is 14.9 Å². The number of rotatable bonds is 1. The van der Waals surface area contributed by atoms with Crippen molar-refractivity contribution in [2.24, 2.45) is 0 Å². The molecule has 0 spiro atoms. The third kappa shape index (κ3) is 1.45. The number of nitrogens with one attached hydrogen (secondary N) is 1. The van der Waals surface area contributed by atoms with Crippen LogP contribution in [0.3, 0.4) is 0 Å². The summed E-state index contributed by atoms with van der Waals surface area (Å²) in [7, 11) is 1.36. The molecular weight excluding hydrogens is 182 g/mol. The van der Waals surface area contributed by atoms with Gasteiger partial charge in [0.15, 0.2) is 0 Å². The Kier molecular flexibility index (Phi) is 2.15. The SMILES string of the molecule is COC(=O)N[C@@H]1CCn2cc(C)nc21. The number of hydrogen-bond acceptors (Lipinski definition) is 3. The number of fused-ring (bicyclic) bond motifs is 1. The fraction of sp³-hybridized carbons (Fsp3) is 0.556. The van der Waals surface area contributed by atoms with Crippen LogP contribution < -0.4 is 5.32 Å². The first-order valence-electron chi connectivity index (χ1n) is 4.59. The highest BCUT2D eigenvalue weighted by molar-refractivity contribution is 5.67. The molecule has 0 aliphatic carbocycles. The number of ether oxygens (including phenoxy) is 1. The van der Waals surface area contributed by atoms with E-state index in [0.717, 1.165) is 24.5 Å². The van der Waals surface area contributed by atoms with Gasteiger partial charge in [-0.2, -0.15) is 0 Å². The van der Waals surface area contributed by atoms with E-state index >= 15 is 0 Å². The number of aromatic nitrogens is 2. The Bertz CT molecular complexity index is 359. The van der Waals surface area contributed by atoms with Crippen LogP contribution in [0.25, 0.3) is 0 Å². The Morgan fingerprint density at radius 3 is 3.29 bits per heavy atom. The molecule has 5 heteroatoms. The van der Waals surface area contributed by atoms with Crippen LogP contribution in [-0.2, 0) is 11.3 Å². The summed E-state index contributed by atoms with van der Waals surface area (Å²) in [4.78, 5) is 15.4. The first-order chi connectivity index (χ1) is 6.70. The zero-order chi connectivity index (χ0) is 10.1. The van der Waals surface area contributed by atoms with E-state index in [2.05, 4.69) is 19.6 Å². The monoisotopic (exact) mass is 195 g/mol. The topological polar surface area (TPSA) is 56.1 Å². The lowest BCUT2D eigenvalue weighted by molar-refractivity contribution is 0.166. The van der Waals surface area contributed by atoms with Crippen LogP contribution in [0.5, 0.6) is 0 Å². The van der Waals surface area contributed by atoms with E-state index in [4.69, 9.17) is 0 Å². The summed E-state index contributed by atoms with van der Waals surface area (Å²) >= 11 is 0. The van der Waals surface area contributed by atoms with E-state index in [1.807, 2.05) is 13.1 Å². The molecule has 0 fully saturated rings. The molecule has 2 rings (SSSR count). The second kappa shape index (κ2) is 3.32. The Morgan fingerprint density at radius 1 is 1.79 bits per heavy atom. The van der Waals surface area contributed by atoms with Crippen molar-refractivity contribution >= 4 is 6.09 Å². The number of hydrogen-bond donors (Lipinski definition) is 1. The molecule has 0 saturated carbocycles. The van der Waals surface area contributed by atoms with E-state index < -0.39 is 6.09 Å². The Morgan fingerprint density at radius 2 is 2.57 bits per heavy atom. The van der Waals surface area contributed by atoms with E-state index in [0.29, 0.717) is 0 Å². The standard InChI is InChI=1S/C9H13N3O2/c1-6-5-12-4-3-7(8(12)10-6)11-9(13)14-2/h5,7H,3-4H2,1-2H3,(H,11,13)/t7-/m1/s1. The van der Waals surface area contributed by atoms with Gasteiger partial charge in [0.05, 0.1) is 18.8 Å². The molecule has 0 unspecified atom stereocenters. The van der Waals surface area contributed by atoms with E-state index in [1.54, 1.807) is 0 Å². The summed E-state index contributed by atoms with van der Waals surface area (Å²) in [6.45, 7) is 2.85. The largest absolute Gasteiger partial charge is 0.453 e. The molecule has 1 atom stereocenters. The second-order valence-corrected chi connectivity index (χ2v) is 3.41. The van der Waals surface area contributed by atoms with Gasteiger partial charge in [0, 0.05) is 12.7 Å². The molecule has 1 aromatic rings. The van der Waals surface area contributed by atoms with Crippen LogP contribution in [-0.4, -0.2) is 22.8 Å². The Balaban J connectivity index is 2.13. The smallest absolute Gasteiger partial charge is 0.407 e. The maximum absolute atomic E-state index is 11.0. The zero-order valence-electron chi connectivity index (χ0n) is 8.28. The minimum atomic E-state index is -0.399. The average Bonchev–Trinajstić information content (AvgIpc) is 2.67. The lowest BCUT2D eigenvalue weighted by Crippen LogP contribution is -2.27. The number of carbonyl (C=O) groups is 1. The minimum absolute atomic E-state index is 0.00356. The summed E-state index contributed by atoms with van der Waals surface area (Å²) in [5, 5.41) is 2.75. The highest BCUT2D eigenvalue weighted by atomic mass is 16.5. The minimum Gasteiger partial charge on any atom is -0.453 e. The van der Waals surface area contributed by atoms with Gasteiger partial charge in [-0.15, -0.1) is 0 Å². The highest BCUT2D eigenvalue weighted by Crippen LogP contribution is 2.24. The summed E-state index contributed by atoms with van der Waals surface area (Å²) in [5.41, 5.74) is 0.983. The molecule has 14 heavy (non-hydrogen) atoms. The fourth-order valence-electron chi connectivity index (χ4n) is 1.76. The van der Waals surface area contributed by atoms with Crippen molar-refractivity contribution in [3.63, 3.8) is 0 Å². The number of nitrogens with zero attached hydrogens (tertiary/aromatic N) is 2. The maximum Gasteiger partial charge on any atom is 0.407 e. The molecule has 1 aliphatic rings. The molecule has 1 N–H and O–H groups in total. The number of alkyl carbamates (subject to hydrolysis) is 1. The van der Waals surface area contributed by atoms with Gasteiger partial charge in [-0.3, -0.25) is 0 Å². The van der Waals surface area contributed by atoms with Crippen LogP contribution in [0, 0.1) is 6.92 Å². The molecule has 2 heterocycles. The molecule has 1 aliphatic heterocycles. The molecule has 0 radical (unpaired) electrons. The molecule has 0 aromatic carbocycles. The number of aryl methyl sites for hydroxylation is 2. The summed E-state index contributed by atoms with van der Waals surface area (Å²) in [5.74, 6) is 0.924. The third-order valence-corrected chi connectivity index (χ3v) is 2.38. The molecule has 0 bridgehead atoms. The van der Waals surface area contributed by atoms with Crippen molar-refractivity contribution in [2.75, 3.05) is 7.11 Å². The van der Waals surface area contributed by atoms with Crippen LogP contribution in [0.1, 0.15) is 24.0 Å². The van der Waals surface area contributed by atoms with Gasteiger partial charge in [-0.05, 0) is 13.3 Å². The second-order valence-electron chi connectivity index (χ2n) is 3.41. The molecule has 1 aromatic heterocycles. The normalized spacial score (nSPS) is 19.1. The van der Waals surface area contributed by atoms with E-state index in [-0.39, 0.29) is 6.04 Å². The Labute approximate surface area is 82.1 Å². The predicted octanol–water partition coefficient (Wildman–Crippen LogP) is 0.992. The van der Waals surface area contributed by atoms with Gasteiger partial charge in [0.1, 0.15) is 5.82 Å². The van der Waals surface area contributed by atoms with Crippen molar-refractivity contribution in [1.29, 1.82) is 0 Å². The zero-order valence-corrected chi connectivity index (χ0v) is 8.28. The molecule has 1 amide bonds.